The Morgan fingerprint density at radius 1 is 1.32 bits per heavy atom. The van der Waals surface area contributed by atoms with Gasteiger partial charge in [-0.15, -0.1) is 0 Å². The van der Waals surface area contributed by atoms with Crippen molar-refractivity contribution in [3.05, 3.63) is 24.2 Å². The molecule has 9 nitrogen and oxygen atoms in total. The normalized spacial score (nSPS) is 25.2. The Bertz CT molecular complexity index is 953. The largest absolute Gasteiger partial charge is 0.477 e. The van der Waals surface area contributed by atoms with E-state index in [0.717, 1.165) is 49.9 Å². The summed E-state index contributed by atoms with van der Waals surface area (Å²) in [7, 11) is 0. The number of rotatable bonds is 7. The van der Waals surface area contributed by atoms with Crippen molar-refractivity contribution in [3.8, 4) is 11.9 Å². The molecular formula is C22H29N7O2. The molecule has 2 aromatic rings. The van der Waals surface area contributed by atoms with Crippen molar-refractivity contribution in [1.82, 2.24) is 25.1 Å². The van der Waals surface area contributed by atoms with Gasteiger partial charge in [0.1, 0.15) is 0 Å². The smallest absolute Gasteiger partial charge is 0.230 e. The second-order valence-corrected chi connectivity index (χ2v) is 8.63. The van der Waals surface area contributed by atoms with Gasteiger partial charge >= 0.3 is 0 Å². The molecule has 1 amide bonds. The molecule has 0 aliphatic heterocycles. The van der Waals surface area contributed by atoms with E-state index in [2.05, 4.69) is 31.8 Å². The first-order chi connectivity index (χ1) is 15.0. The summed E-state index contributed by atoms with van der Waals surface area (Å²) in [6, 6.07) is 4.65. The van der Waals surface area contributed by atoms with Crippen molar-refractivity contribution in [2.75, 3.05) is 11.9 Å². The monoisotopic (exact) mass is 423 g/mol. The number of aryl methyl sites for hydroxylation is 1. The van der Waals surface area contributed by atoms with E-state index in [1.165, 1.54) is 0 Å². The van der Waals surface area contributed by atoms with Crippen LogP contribution in [0.25, 0.3) is 0 Å². The molecule has 31 heavy (non-hydrogen) atoms. The Morgan fingerprint density at radius 3 is 2.81 bits per heavy atom. The summed E-state index contributed by atoms with van der Waals surface area (Å²) in [5.74, 6) is 1.67. The van der Waals surface area contributed by atoms with Crippen molar-refractivity contribution in [1.29, 1.82) is 5.26 Å². The van der Waals surface area contributed by atoms with Crippen LogP contribution in [0.15, 0.2) is 18.5 Å². The van der Waals surface area contributed by atoms with Crippen LogP contribution in [0, 0.1) is 30.1 Å². The number of amides is 1. The van der Waals surface area contributed by atoms with Gasteiger partial charge in [-0.1, -0.05) is 0 Å². The van der Waals surface area contributed by atoms with Gasteiger partial charge in [0, 0.05) is 31.4 Å². The van der Waals surface area contributed by atoms with Gasteiger partial charge in [0.05, 0.1) is 36.0 Å². The Hall–Kier alpha value is -3.15. The zero-order chi connectivity index (χ0) is 21.8. The standard InChI is InChI=1S/C22H29N7O2/c1-14-20(12-29(28-14)19-9-17(10-19)11-23)26-22-24-8-7-21(27-22)31-13-16-3-5-18(6-4-16)25-15(2)30/h7-8,12,16-19H,3-6,9-10,13H2,1-2H3,(H,25,30)(H,24,26,27). The van der Waals surface area contributed by atoms with Gasteiger partial charge < -0.3 is 15.4 Å². The number of hydrogen-bond acceptors (Lipinski definition) is 7. The Labute approximate surface area is 182 Å². The van der Waals surface area contributed by atoms with E-state index in [-0.39, 0.29) is 17.9 Å². The van der Waals surface area contributed by atoms with Gasteiger partial charge in [-0.2, -0.15) is 15.3 Å². The van der Waals surface area contributed by atoms with Crippen LogP contribution in [0.5, 0.6) is 5.88 Å². The Balaban J connectivity index is 1.29. The second kappa shape index (κ2) is 9.33. The van der Waals surface area contributed by atoms with Crippen LogP contribution >= 0.6 is 0 Å². The van der Waals surface area contributed by atoms with Gasteiger partial charge in [0.15, 0.2) is 0 Å². The molecule has 0 bridgehead atoms. The second-order valence-electron chi connectivity index (χ2n) is 8.63. The molecular weight excluding hydrogens is 394 g/mol. The van der Waals surface area contributed by atoms with Crippen molar-refractivity contribution in [2.24, 2.45) is 11.8 Å². The molecule has 0 spiro atoms. The van der Waals surface area contributed by atoms with Gasteiger partial charge in [-0.3, -0.25) is 9.48 Å². The van der Waals surface area contributed by atoms with E-state index in [1.54, 1.807) is 19.2 Å². The lowest BCUT2D eigenvalue weighted by Gasteiger charge is -2.30. The van der Waals surface area contributed by atoms with E-state index in [0.29, 0.717) is 30.4 Å². The summed E-state index contributed by atoms with van der Waals surface area (Å²) in [6.07, 6.45) is 9.39. The number of nitriles is 1. The molecule has 0 aromatic carbocycles. The lowest BCUT2D eigenvalue weighted by Crippen LogP contribution is -2.37. The van der Waals surface area contributed by atoms with Gasteiger partial charge in [0.2, 0.25) is 17.7 Å². The summed E-state index contributed by atoms with van der Waals surface area (Å²) in [5.41, 5.74) is 1.72. The van der Waals surface area contributed by atoms with Crippen molar-refractivity contribution in [3.63, 3.8) is 0 Å². The first kappa shape index (κ1) is 21.1. The molecule has 2 fully saturated rings. The highest BCUT2D eigenvalue weighted by molar-refractivity contribution is 5.73. The lowest BCUT2D eigenvalue weighted by molar-refractivity contribution is -0.119. The fraction of sp³-hybridized carbons (Fsp3) is 0.591. The fourth-order valence-electron chi connectivity index (χ4n) is 4.27. The molecule has 2 aliphatic rings. The summed E-state index contributed by atoms with van der Waals surface area (Å²) >= 11 is 0. The van der Waals surface area contributed by atoms with E-state index in [9.17, 15) is 4.79 Å². The SMILES string of the molecule is CC(=O)NC1CCC(COc2ccnc(Nc3cn(C4CC(C#N)C4)nc3C)n2)CC1. The average molecular weight is 424 g/mol. The molecule has 164 valence electrons. The maximum atomic E-state index is 11.2. The molecule has 9 heteroatoms. The number of nitrogens with zero attached hydrogens (tertiary/aromatic N) is 5. The number of carbonyl (C=O) groups excluding carboxylic acids is 1. The number of hydrogen-bond donors (Lipinski definition) is 2. The summed E-state index contributed by atoms with van der Waals surface area (Å²) in [5, 5.41) is 19.8. The quantitative estimate of drug-likeness (QED) is 0.702. The fourth-order valence-corrected chi connectivity index (χ4v) is 4.27. The molecule has 0 saturated heterocycles. The molecule has 0 unspecified atom stereocenters. The molecule has 2 aliphatic carbocycles. The molecule has 4 rings (SSSR count). The minimum Gasteiger partial charge on any atom is -0.477 e. The maximum absolute atomic E-state index is 11.2. The summed E-state index contributed by atoms with van der Waals surface area (Å²) < 4.78 is 7.87. The van der Waals surface area contributed by atoms with Crippen molar-refractivity contribution >= 4 is 17.5 Å². The van der Waals surface area contributed by atoms with E-state index >= 15 is 0 Å². The number of anilines is 2. The average Bonchev–Trinajstić information content (AvgIpc) is 3.06. The number of ether oxygens (including phenoxy) is 1. The van der Waals surface area contributed by atoms with Crippen LogP contribution in [0.4, 0.5) is 11.6 Å². The van der Waals surface area contributed by atoms with E-state index in [1.807, 2.05) is 17.8 Å². The lowest BCUT2D eigenvalue weighted by atomic mass is 9.81. The number of nitrogens with one attached hydrogen (secondary N) is 2. The zero-order valence-electron chi connectivity index (χ0n) is 18.0. The van der Waals surface area contributed by atoms with E-state index in [4.69, 9.17) is 10.00 Å². The number of aromatic nitrogens is 4. The zero-order valence-corrected chi connectivity index (χ0v) is 18.0. The predicted octanol–water partition coefficient (Wildman–Crippen LogP) is 3.27. The van der Waals surface area contributed by atoms with E-state index < -0.39 is 0 Å². The molecule has 2 saturated carbocycles. The highest BCUT2D eigenvalue weighted by Crippen LogP contribution is 2.37. The summed E-state index contributed by atoms with van der Waals surface area (Å²) in [4.78, 5) is 20.0. The molecule has 0 radical (unpaired) electrons. The Morgan fingerprint density at radius 2 is 2.10 bits per heavy atom. The minimum absolute atomic E-state index is 0.0422. The van der Waals surface area contributed by atoms with Gasteiger partial charge in [-0.05, 0) is 51.4 Å². The maximum Gasteiger partial charge on any atom is 0.230 e. The third-order valence-corrected chi connectivity index (χ3v) is 6.18. The van der Waals surface area contributed by atoms with Crippen LogP contribution in [-0.4, -0.2) is 38.3 Å². The highest BCUT2D eigenvalue weighted by atomic mass is 16.5. The predicted molar refractivity (Wildman–Crippen MR) is 115 cm³/mol. The number of carbonyl (C=O) groups is 1. The van der Waals surface area contributed by atoms with Crippen LogP contribution < -0.4 is 15.4 Å². The third kappa shape index (κ3) is 5.32. The molecule has 2 heterocycles. The van der Waals surface area contributed by atoms with Crippen LogP contribution in [0.3, 0.4) is 0 Å². The first-order valence-corrected chi connectivity index (χ1v) is 11.0. The topological polar surface area (TPSA) is 118 Å². The highest BCUT2D eigenvalue weighted by Gasteiger charge is 2.31. The molecule has 2 aromatic heterocycles. The van der Waals surface area contributed by atoms with Crippen molar-refractivity contribution < 1.29 is 9.53 Å². The van der Waals surface area contributed by atoms with Crippen LogP contribution in [-0.2, 0) is 4.79 Å². The Kier molecular flexibility index (Phi) is 6.35. The van der Waals surface area contributed by atoms with Crippen LogP contribution in [0.2, 0.25) is 0 Å². The molecule has 0 atom stereocenters. The van der Waals surface area contributed by atoms with Gasteiger partial charge in [-0.25, -0.2) is 4.98 Å². The van der Waals surface area contributed by atoms with Crippen LogP contribution in [0.1, 0.15) is 57.2 Å². The van der Waals surface area contributed by atoms with Gasteiger partial charge in [0.25, 0.3) is 0 Å². The molecule has 2 N–H and O–H groups in total. The van der Waals surface area contributed by atoms with Crippen molar-refractivity contribution in [2.45, 2.75) is 64.5 Å². The first-order valence-electron chi connectivity index (χ1n) is 11.0. The third-order valence-electron chi connectivity index (χ3n) is 6.18. The minimum atomic E-state index is 0.0422. The summed E-state index contributed by atoms with van der Waals surface area (Å²) in [6.45, 7) is 4.12.